The van der Waals surface area contributed by atoms with Gasteiger partial charge in [0, 0.05) is 11.5 Å². The van der Waals surface area contributed by atoms with Crippen LogP contribution in [0.5, 0.6) is 0 Å². The van der Waals surface area contributed by atoms with Gasteiger partial charge in [-0.15, -0.1) is 0 Å². The fraction of sp³-hybridized carbons (Fsp3) is 0.0833. The fourth-order valence-electron chi connectivity index (χ4n) is 1.51. The first-order chi connectivity index (χ1) is 7.76. The number of benzene rings is 1. The lowest BCUT2D eigenvalue weighted by Crippen LogP contribution is -1.96. The number of hydrogen-bond acceptors (Lipinski definition) is 1. The van der Waals surface area contributed by atoms with E-state index in [1.54, 1.807) is 10.6 Å². The average molecular weight is 296 g/mol. The molecule has 0 radical (unpaired) electrons. The van der Waals surface area contributed by atoms with Crippen molar-refractivity contribution in [1.29, 1.82) is 5.26 Å². The molecular weight excluding hydrogens is 288 g/mol. The number of aromatic nitrogens is 1. The zero-order valence-corrected chi connectivity index (χ0v) is 10.7. The maximum atomic E-state index is 8.94. The highest BCUT2D eigenvalue weighted by Gasteiger charge is 2.06. The van der Waals surface area contributed by atoms with Crippen LogP contribution in [0.2, 0.25) is 5.02 Å². The van der Waals surface area contributed by atoms with Crippen LogP contribution >= 0.6 is 27.5 Å². The van der Waals surface area contributed by atoms with E-state index in [1.165, 1.54) is 0 Å². The van der Waals surface area contributed by atoms with Crippen molar-refractivity contribution in [1.82, 2.24) is 4.57 Å². The first-order valence-electron chi connectivity index (χ1n) is 4.68. The highest BCUT2D eigenvalue weighted by Crippen LogP contribution is 2.24. The second kappa shape index (κ2) is 4.73. The largest absolute Gasteiger partial charge is 0.307 e. The van der Waals surface area contributed by atoms with Gasteiger partial charge in [0.2, 0.25) is 0 Å². The predicted octanol–water partition coefficient (Wildman–Crippen LogP) is 3.90. The average Bonchev–Trinajstić information content (AvgIpc) is 2.76. The van der Waals surface area contributed by atoms with Crippen LogP contribution in [0.15, 0.2) is 36.5 Å². The van der Waals surface area contributed by atoms with Crippen LogP contribution in [-0.4, -0.2) is 4.57 Å². The smallest absolute Gasteiger partial charge is 0.124 e. The third-order valence-corrected chi connectivity index (χ3v) is 3.24. The molecule has 2 rings (SSSR count). The Kier molecular flexibility index (Phi) is 3.33. The molecule has 0 aliphatic carbocycles. The van der Waals surface area contributed by atoms with Gasteiger partial charge in [0.25, 0.3) is 0 Å². The summed E-state index contributed by atoms with van der Waals surface area (Å²) in [6.07, 6.45) is 1.83. The summed E-state index contributed by atoms with van der Waals surface area (Å²) in [5.74, 6) is 0. The lowest BCUT2D eigenvalue weighted by Gasteiger charge is -2.08. The third-order valence-electron chi connectivity index (χ3n) is 2.29. The molecule has 0 spiro atoms. The van der Waals surface area contributed by atoms with E-state index in [0.717, 1.165) is 16.6 Å². The van der Waals surface area contributed by atoms with Crippen LogP contribution in [0.25, 0.3) is 5.69 Å². The van der Waals surface area contributed by atoms with E-state index in [0.29, 0.717) is 10.7 Å². The van der Waals surface area contributed by atoms with Crippen LogP contribution in [0, 0.1) is 11.3 Å². The summed E-state index contributed by atoms with van der Waals surface area (Å²) >= 11 is 9.55. The molecule has 0 atom stereocenters. The minimum atomic E-state index is 0.577. The van der Waals surface area contributed by atoms with Crippen molar-refractivity contribution in [3.63, 3.8) is 0 Å². The van der Waals surface area contributed by atoms with Crippen molar-refractivity contribution in [2.75, 3.05) is 0 Å². The molecule has 1 heterocycles. The van der Waals surface area contributed by atoms with E-state index in [9.17, 15) is 0 Å². The fourth-order valence-corrected chi connectivity index (χ4v) is 2.15. The summed E-state index contributed by atoms with van der Waals surface area (Å²) in [6, 6.07) is 11.5. The summed E-state index contributed by atoms with van der Waals surface area (Å²) in [5.41, 5.74) is 2.51. The van der Waals surface area contributed by atoms with E-state index < -0.39 is 0 Å². The van der Waals surface area contributed by atoms with Gasteiger partial charge in [0.05, 0.1) is 10.7 Å². The number of hydrogen-bond donors (Lipinski definition) is 0. The summed E-state index contributed by atoms with van der Waals surface area (Å²) in [7, 11) is 0. The highest BCUT2D eigenvalue weighted by atomic mass is 79.9. The van der Waals surface area contributed by atoms with Gasteiger partial charge in [-0.3, -0.25) is 0 Å². The molecule has 0 amide bonds. The van der Waals surface area contributed by atoms with Gasteiger partial charge in [-0.05, 0) is 29.8 Å². The number of alkyl halides is 1. The topological polar surface area (TPSA) is 28.7 Å². The molecule has 16 heavy (non-hydrogen) atoms. The van der Waals surface area contributed by atoms with Crippen molar-refractivity contribution in [3.05, 3.63) is 52.8 Å². The number of nitriles is 1. The van der Waals surface area contributed by atoms with Crippen LogP contribution < -0.4 is 0 Å². The Balaban J connectivity index is 2.53. The maximum Gasteiger partial charge on any atom is 0.124 e. The Morgan fingerprint density at radius 3 is 2.81 bits per heavy atom. The molecule has 2 aromatic rings. The van der Waals surface area contributed by atoms with E-state index >= 15 is 0 Å². The van der Waals surface area contributed by atoms with Crippen LogP contribution in [0.1, 0.15) is 11.3 Å². The van der Waals surface area contributed by atoms with Crippen LogP contribution in [-0.2, 0) is 5.33 Å². The molecule has 4 heteroatoms. The quantitative estimate of drug-likeness (QED) is 0.773. The molecule has 2 nitrogen and oxygen atoms in total. The summed E-state index contributed by atoms with van der Waals surface area (Å²) in [5, 5.41) is 10.3. The Bertz CT molecular complexity index is 554. The van der Waals surface area contributed by atoms with Crippen molar-refractivity contribution in [3.8, 4) is 11.8 Å². The van der Waals surface area contributed by atoms with Crippen LogP contribution in [0.4, 0.5) is 0 Å². The van der Waals surface area contributed by atoms with Gasteiger partial charge in [0.1, 0.15) is 11.8 Å². The first kappa shape index (κ1) is 11.3. The Hall–Kier alpha value is -1.24. The molecule has 80 valence electrons. The first-order valence-corrected chi connectivity index (χ1v) is 6.18. The Labute approximate surface area is 107 Å². The Morgan fingerprint density at radius 1 is 1.38 bits per heavy atom. The molecule has 1 aromatic carbocycles. The second-order valence-corrected chi connectivity index (χ2v) is 4.26. The highest BCUT2D eigenvalue weighted by molar-refractivity contribution is 9.08. The lowest BCUT2D eigenvalue weighted by molar-refractivity contribution is 1.05. The molecule has 1 aromatic heterocycles. The van der Waals surface area contributed by atoms with Gasteiger partial charge < -0.3 is 4.57 Å². The van der Waals surface area contributed by atoms with E-state index in [1.807, 2.05) is 30.5 Å². The van der Waals surface area contributed by atoms with E-state index in [4.69, 9.17) is 16.9 Å². The molecular formula is C12H8BrClN2. The van der Waals surface area contributed by atoms with Crippen molar-refractivity contribution in [2.45, 2.75) is 5.33 Å². The zero-order valence-electron chi connectivity index (χ0n) is 8.32. The molecule has 0 bridgehead atoms. The minimum absolute atomic E-state index is 0.577. The standard InChI is InChI=1S/C12H8BrClN2/c13-7-9-3-4-12(11(14)6-9)16-5-1-2-10(16)8-15/h1-6H,7H2. The van der Waals surface area contributed by atoms with Gasteiger partial charge in [0.15, 0.2) is 0 Å². The minimum Gasteiger partial charge on any atom is -0.307 e. The molecule has 0 aliphatic rings. The summed E-state index contributed by atoms with van der Waals surface area (Å²) in [6.45, 7) is 0. The second-order valence-electron chi connectivity index (χ2n) is 3.29. The predicted molar refractivity (Wildman–Crippen MR) is 68.1 cm³/mol. The van der Waals surface area contributed by atoms with Gasteiger partial charge in [-0.2, -0.15) is 5.26 Å². The SMILES string of the molecule is N#Cc1cccn1-c1ccc(CBr)cc1Cl. The molecule has 0 saturated carbocycles. The Morgan fingerprint density at radius 2 is 2.19 bits per heavy atom. The maximum absolute atomic E-state index is 8.94. The molecule has 0 unspecified atom stereocenters. The van der Waals surface area contributed by atoms with E-state index in [-0.39, 0.29) is 0 Å². The molecule has 0 saturated heterocycles. The molecule has 0 fully saturated rings. The van der Waals surface area contributed by atoms with Gasteiger partial charge in [-0.25, -0.2) is 0 Å². The van der Waals surface area contributed by atoms with Crippen molar-refractivity contribution >= 4 is 27.5 Å². The van der Waals surface area contributed by atoms with Crippen molar-refractivity contribution in [2.24, 2.45) is 0 Å². The third kappa shape index (κ3) is 1.99. The molecule has 0 aliphatic heterocycles. The summed E-state index contributed by atoms with van der Waals surface area (Å²) in [4.78, 5) is 0. The normalized spacial score (nSPS) is 10.1. The zero-order chi connectivity index (χ0) is 11.5. The monoisotopic (exact) mass is 294 g/mol. The van der Waals surface area contributed by atoms with Crippen LogP contribution in [0.3, 0.4) is 0 Å². The van der Waals surface area contributed by atoms with Gasteiger partial charge in [-0.1, -0.05) is 33.6 Å². The number of rotatable bonds is 2. The van der Waals surface area contributed by atoms with Gasteiger partial charge >= 0.3 is 0 Å². The summed E-state index contributed by atoms with van der Waals surface area (Å²) < 4.78 is 1.78. The lowest BCUT2D eigenvalue weighted by atomic mass is 10.2. The number of nitrogens with zero attached hydrogens (tertiary/aromatic N) is 2. The van der Waals surface area contributed by atoms with E-state index in [2.05, 4.69) is 22.0 Å². The molecule has 0 N–H and O–H groups in total. The van der Waals surface area contributed by atoms with Crippen molar-refractivity contribution < 1.29 is 0 Å². The number of halogens is 2.